The summed E-state index contributed by atoms with van der Waals surface area (Å²) in [5.74, 6) is 0. The molecule has 0 spiro atoms. The molecule has 1 atom stereocenters. The number of cyclic esters (lactones) is 2. The van der Waals surface area contributed by atoms with E-state index in [2.05, 4.69) is 9.47 Å². The minimum atomic E-state index is -3.41. The second-order valence-electron chi connectivity index (χ2n) is 2.76. The number of rotatable bonds is 3. The Balaban J connectivity index is 1.79. The monoisotopic (exact) mass is 236 g/mol. The van der Waals surface area contributed by atoms with Crippen molar-refractivity contribution < 1.29 is 32.4 Å². The van der Waals surface area contributed by atoms with Crippen LogP contribution in [0.25, 0.3) is 0 Å². The van der Waals surface area contributed by atoms with E-state index in [0.29, 0.717) is 0 Å². The van der Waals surface area contributed by atoms with Gasteiger partial charge in [0.05, 0.1) is 19.5 Å². The van der Waals surface area contributed by atoms with Crippen molar-refractivity contribution in [3.05, 3.63) is 12.3 Å². The Bertz CT molecular complexity index is 315. The van der Waals surface area contributed by atoms with Crippen LogP contribution in [-0.2, 0) is 27.6 Å². The van der Waals surface area contributed by atoms with Crippen molar-refractivity contribution in [3.8, 4) is 0 Å². The van der Waals surface area contributed by atoms with Gasteiger partial charge in [-0.15, -0.1) is 0 Å². The predicted octanol–water partition coefficient (Wildman–Crippen LogP) is 1.21. The van der Waals surface area contributed by atoms with E-state index in [1.54, 1.807) is 0 Å². The van der Waals surface area contributed by atoms with Gasteiger partial charge in [-0.1, -0.05) is 0 Å². The van der Waals surface area contributed by atoms with Crippen LogP contribution >= 0.6 is 7.82 Å². The van der Waals surface area contributed by atoms with Crippen LogP contribution in [0.2, 0.25) is 0 Å². The van der Waals surface area contributed by atoms with Crippen LogP contribution < -0.4 is 0 Å². The molecule has 2 aliphatic heterocycles. The molecule has 2 heterocycles. The maximum atomic E-state index is 11.4. The Morgan fingerprint density at radius 1 is 1.40 bits per heavy atom. The molecule has 0 amide bonds. The van der Waals surface area contributed by atoms with Crippen molar-refractivity contribution in [2.45, 2.75) is 6.10 Å². The van der Waals surface area contributed by atoms with Crippen molar-refractivity contribution in [3.63, 3.8) is 0 Å². The van der Waals surface area contributed by atoms with Gasteiger partial charge in [0.25, 0.3) is 0 Å². The van der Waals surface area contributed by atoms with Crippen LogP contribution in [0.3, 0.4) is 0 Å². The molecule has 0 aliphatic carbocycles. The van der Waals surface area contributed by atoms with Crippen LogP contribution in [0.5, 0.6) is 0 Å². The van der Waals surface area contributed by atoms with Gasteiger partial charge in [-0.25, -0.2) is 9.36 Å². The van der Waals surface area contributed by atoms with E-state index in [0.717, 1.165) is 6.26 Å². The Labute approximate surface area is 85.5 Å². The fourth-order valence-corrected chi connectivity index (χ4v) is 2.04. The number of hydrogen-bond acceptors (Lipinski definition) is 7. The summed E-state index contributed by atoms with van der Waals surface area (Å²) >= 11 is 0. The molecule has 1 unspecified atom stereocenters. The Hall–Kier alpha value is -1.04. The van der Waals surface area contributed by atoms with Crippen molar-refractivity contribution in [1.29, 1.82) is 0 Å². The summed E-state index contributed by atoms with van der Waals surface area (Å²) in [7, 11) is -3.41. The molecule has 8 heteroatoms. The smallest absolute Gasteiger partial charge is 0.430 e. The highest BCUT2D eigenvalue weighted by molar-refractivity contribution is 7.48. The first-order valence-electron chi connectivity index (χ1n) is 4.26. The summed E-state index contributed by atoms with van der Waals surface area (Å²) < 4.78 is 34.8. The molecule has 84 valence electrons. The quantitative estimate of drug-likeness (QED) is 0.413. The highest BCUT2D eigenvalue weighted by atomic mass is 31.2. The van der Waals surface area contributed by atoms with Gasteiger partial charge in [-0.2, -0.15) is 0 Å². The third-order valence-corrected chi connectivity index (χ3v) is 3.06. The fourth-order valence-electron chi connectivity index (χ4n) is 1.03. The first kappa shape index (κ1) is 10.5. The molecule has 0 aromatic rings. The summed E-state index contributed by atoms with van der Waals surface area (Å²) in [6.45, 7) is 0.601. The van der Waals surface area contributed by atoms with E-state index >= 15 is 0 Å². The topological polar surface area (TPSA) is 80.3 Å². The van der Waals surface area contributed by atoms with Crippen LogP contribution in [-0.4, -0.2) is 32.1 Å². The molecule has 7 nitrogen and oxygen atoms in total. The number of hydrogen-bond donors (Lipinski definition) is 0. The lowest BCUT2D eigenvalue weighted by Gasteiger charge is -2.06. The number of ether oxygens (including phenoxy) is 2. The lowest BCUT2D eigenvalue weighted by atomic mass is 10.4. The average Bonchev–Trinajstić information content (AvgIpc) is 2.76. The fraction of sp³-hybridized carbons (Fsp3) is 0.571. The summed E-state index contributed by atoms with van der Waals surface area (Å²) in [6.07, 6.45) is 1.27. The van der Waals surface area contributed by atoms with Crippen molar-refractivity contribution in [1.82, 2.24) is 0 Å². The van der Waals surface area contributed by atoms with E-state index in [-0.39, 0.29) is 19.8 Å². The van der Waals surface area contributed by atoms with Crippen LogP contribution in [0.1, 0.15) is 0 Å². The molecule has 15 heavy (non-hydrogen) atoms. The molecule has 0 saturated carbocycles. The standard InChI is InChI=1S/C7H9O7P/c8-7-10-5-6(14-7)1-2-11-15(9)12-3-4-13-15/h1-2,6H,3-5H2/b2-1+. The van der Waals surface area contributed by atoms with Crippen molar-refractivity contribution >= 4 is 14.0 Å². The third-order valence-electron chi connectivity index (χ3n) is 1.68. The third kappa shape index (κ3) is 2.71. The zero-order valence-electron chi connectivity index (χ0n) is 7.66. The van der Waals surface area contributed by atoms with Gasteiger partial charge in [0, 0.05) is 0 Å². The van der Waals surface area contributed by atoms with Gasteiger partial charge in [-0.05, 0) is 6.08 Å². The van der Waals surface area contributed by atoms with E-state index in [4.69, 9.17) is 13.6 Å². The van der Waals surface area contributed by atoms with E-state index in [1.165, 1.54) is 6.08 Å². The number of phosphoric acid groups is 1. The first-order valence-corrected chi connectivity index (χ1v) is 5.72. The van der Waals surface area contributed by atoms with Gasteiger partial charge in [0.15, 0.2) is 6.10 Å². The van der Waals surface area contributed by atoms with E-state index < -0.39 is 20.1 Å². The Kier molecular flexibility index (Phi) is 2.95. The minimum absolute atomic E-state index is 0.116. The van der Waals surface area contributed by atoms with Gasteiger partial charge < -0.3 is 14.0 Å². The lowest BCUT2D eigenvalue weighted by molar-refractivity contribution is 0.125. The maximum Gasteiger partial charge on any atom is 0.529 e. The van der Waals surface area contributed by atoms with E-state index in [9.17, 15) is 9.36 Å². The summed E-state index contributed by atoms with van der Waals surface area (Å²) in [5, 5.41) is 0. The highest BCUT2D eigenvalue weighted by Crippen LogP contribution is 2.52. The van der Waals surface area contributed by atoms with Crippen LogP contribution in [0.15, 0.2) is 12.3 Å². The number of carbonyl (C=O) groups excluding carboxylic acids is 1. The molecule has 2 rings (SSSR count). The van der Waals surface area contributed by atoms with Gasteiger partial charge in [0.1, 0.15) is 6.61 Å². The zero-order valence-corrected chi connectivity index (χ0v) is 8.55. The van der Waals surface area contributed by atoms with Crippen LogP contribution in [0.4, 0.5) is 4.79 Å². The molecular weight excluding hydrogens is 227 g/mol. The van der Waals surface area contributed by atoms with Crippen LogP contribution in [0, 0.1) is 0 Å². The molecule has 0 radical (unpaired) electrons. The normalized spacial score (nSPS) is 29.1. The van der Waals surface area contributed by atoms with Crippen molar-refractivity contribution in [2.75, 3.05) is 19.8 Å². The molecule has 2 aliphatic rings. The largest absolute Gasteiger partial charge is 0.529 e. The molecule has 0 N–H and O–H groups in total. The molecule has 0 bridgehead atoms. The second-order valence-corrected chi connectivity index (χ2v) is 4.39. The molecule has 2 saturated heterocycles. The molecular formula is C7H9O7P. The zero-order chi connectivity index (χ0) is 10.7. The maximum absolute atomic E-state index is 11.4. The summed E-state index contributed by atoms with van der Waals surface area (Å²) in [6, 6.07) is 0. The molecule has 0 aromatic carbocycles. The summed E-state index contributed by atoms with van der Waals surface area (Å²) in [5.41, 5.74) is 0. The SMILES string of the molecule is O=C1OCC(/C=C/OP2(=O)OCCO2)O1. The lowest BCUT2D eigenvalue weighted by Crippen LogP contribution is -2.04. The average molecular weight is 236 g/mol. The van der Waals surface area contributed by atoms with Crippen molar-refractivity contribution in [2.24, 2.45) is 0 Å². The Morgan fingerprint density at radius 2 is 2.13 bits per heavy atom. The Morgan fingerprint density at radius 3 is 2.73 bits per heavy atom. The molecule has 0 aromatic heterocycles. The number of phosphoric ester groups is 1. The second kappa shape index (κ2) is 4.22. The highest BCUT2D eigenvalue weighted by Gasteiger charge is 2.32. The predicted molar refractivity (Wildman–Crippen MR) is 46.0 cm³/mol. The van der Waals surface area contributed by atoms with Gasteiger partial charge in [0.2, 0.25) is 0 Å². The van der Waals surface area contributed by atoms with Gasteiger partial charge in [-0.3, -0.25) is 9.05 Å². The first-order chi connectivity index (χ1) is 7.18. The number of carbonyl (C=O) groups is 1. The van der Waals surface area contributed by atoms with E-state index in [1.807, 2.05) is 0 Å². The summed E-state index contributed by atoms with van der Waals surface area (Å²) in [4.78, 5) is 10.5. The minimum Gasteiger partial charge on any atom is -0.430 e. The van der Waals surface area contributed by atoms with Gasteiger partial charge >= 0.3 is 14.0 Å². The molecule has 2 fully saturated rings.